The zero-order valence-electron chi connectivity index (χ0n) is 21.5. The lowest BCUT2D eigenvalue weighted by Crippen LogP contribution is -2.43. The first-order valence-electron chi connectivity index (χ1n) is 12.3. The van der Waals surface area contributed by atoms with Gasteiger partial charge < -0.3 is 20.1 Å². The van der Waals surface area contributed by atoms with Crippen LogP contribution in [-0.2, 0) is 23.9 Å². The van der Waals surface area contributed by atoms with Crippen molar-refractivity contribution >= 4 is 23.9 Å². The van der Waals surface area contributed by atoms with E-state index in [-0.39, 0.29) is 0 Å². The Morgan fingerprint density at radius 2 is 1.32 bits per heavy atom. The standard InChI is InChI=1S/C26H44O8/c1-18(2)9-6-10-19(3)11-7-12-20(4)13-8-14-21(5)15-23(29)34-24(30)17-26(33,25(31)32)16-22(27)28/h15,18-20,33H,6-14,16-17H2,1-5H3,(H,27,28)(H,31,32)/b21-15+/t19-,20-,26?/m1/s1. The molecule has 34 heavy (non-hydrogen) atoms. The molecule has 3 N–H and O–H groups in total. The van der Waals surface area contributed by atoms with E-state index < -0.39 is 42.3 Å². The smallest absolute Gasteiger partial charge is 0.338 e. The van der Waals surface area contributed by atoms with E-state index in [1.54, 1.807) is 6.92 Å². The molecule has 0 aliphatic heterocycles. The minimum atomic E-state index is -2.83. The van der Waals surface area contributed by atoms with Crippen LogP contribution < -0.4 is 0 Å². The third-order valence-corrected chi connectivity index (χ3v) is 6.00. The van der Waals surface area contributed by atoms with Crippen molar-refractivity contribution in [1.82, 2.24) is 0 Å². The third-order valence-electron chi connectivity index (χ3n) is 6.00. The van der Waals surface area contributed by atoms with Crippen LogP contribution in [-0.4, -0.2) is 44.8 Å². The van der Waals surface area contributed by atoms with Crippen LogP contribution in [0.25, 0.3) is 0 Å². The van der Waals surface area contributed by atoms with Gasteiger partial charge in [0.15, 0.2) is 5.60 Å². The Morgan fingerprint density at radius 1 is 0.824 bits per heavy atom. The van der Waals surface area contributed by atoms with Crippen LogP contribution in [0, 0.1) is 17.8 Å². The van der Waals surface area contributed by atoms with Gasteiger partial charge in [0.1, 0.15) is 0 Å². The lowest BCUT2D eigenvalue weighted by atomic mass is 9.91. The highest BCUT2D eigenvalue weighted by Gasteiger charge is 2.41. The number of carbonyl (C=O) groups is 4. The van der Waals surface area contributed by atoms with Crippen LogP contribution in [0.1, 0.15) is 105 Å². The summed E-state index contributed by atoms with van der Waals surface area (Å²) in [4.78, 5) is 45.5. The first-order valence-corrected chi connectivity index (χ1v) is 12.3. The highest BCUT2D eigenvalue weighted by atomic mass is 16.6. The second-order valence-electron chi connectivity index (χ2n) is 10.2. The lowest BCUT2D eigenvalue weighted by Gasteiger charge is -2.19. The van der Waals surface area contributed by atoms with Gasteiger partial charge >= 0.3 is 23.9 Å². The van der Waals surface area contributed by atoms with Gasteiger partial charge in [0.2, 0.25) is 0 Å². The molecule has 0 aliphatic rings. The third kappa shape index (κ3) is 15.6. The minimum absolute atomic E-state index is 0.590. The molecule has 3 atom stereocenters. The Bertz CT molecular complexity index is 697. The summed E-state index contributed by atoms with van der Waals surface area (Å²) >= 11 is 0. The van der Waals surface area contributed by atoms with Crippen molar-refractivity contribution in [3.63, 3.8) is 0 Å². The average molecular weight is 485 g/mol. The molecule has 0 rings (SSSR count). The molecule has 0 heterocycles. The van der Waals surface area contributed by atoms with E-state index in [1.807, 2.05) is 0 Å². The average Bonchev–Trinajstić information content (AvgIpc) is 2.66. The molecule has 0 aromatic rings. The molecule has 0 spiro atoms. The number of rotatable bonds is 18. The van der Waals surface area contributed by atoms with Crippen molar-refractivity contribution in [3.05, 3.63) is 11.6 Å². The summed E-state index contributed by atoms with van der Waals surface area (Å²) < 4.78 is 4.52. The van der Waals surface area contributed by atoms with Gasteiger partial charge in [-0.25, -0.2) is 9.59 Å². The van der Waals surface area contributed by atoms with Crippen molar-refractivity contribution in [1.29, 1.82) is 0 Å². The topological polar surface area (TPSA) is 138 Å². The Hall–Kier alpha value is -2.22. The van der Waals surface area contributed by atoms with E-state index in [0.29, 0.717) is 12.3 Å². The van der Waals surface area contributed by atoms with Crippen molar-refractivity contribution < 1.29 is 39.2 Å². The first-order chi connectivity index (χ1) is 15.7. The van der Waals surface area contributed by atoms with Crippen LogP contribution in [0.3, 0.4) is 0 Å². The summed E-state index contributed by atoms with van der Waals surface area (Å²) in [6, 6.07) is 0. The molecule has 1 unspecified atom stereocenters. The van der Waals surface area contributed by atoms with Crippen LogP contribution in [0.2, 0.25) is 0 Å². The van der Waals surface area contributed by atoms with Crippen molar-refractivity contribution in [2.75, 3.05) is 0 Å². The number of carbonyl (C=O) groups excluding carboxylic acids is 2. The fourth-order valence-electron chi connectivity index (χ4n) is 3.86. The number of esters is 2. The van der Waals surface area contributed by atoms with E-state index in [0.717, 1.165) is 30.3 Å². The maximum absolute atomic E-state index is 11.9. The number of aliphatic carboxylic acids is 2. The Balaban J connectivity index is 4.26. The molecule has 0 aromatic carbocycles. The van der Waals surface area contributed by atoms with E-state index in [9.17, 15) is 24.3 Å². The number of aliphatic hydroxyl groups is 1. The Labute approximate surface area is 203 Å². The van der Waals surface area contributed by atoms with Gasteiger partial charge in [-0.1, -0.05) is 78.2 Å². The van der Waals surface area contributed by atoms with Crippen LogP contribution >= 0.6 is 0 Å². The highest BCUT2D eigenvalue weighted by molar-refractivity contribution is 5.95. The molecule has 0 aliphatic carbocycles. The van der Waals surface area contributed by atoms with Crippen molar-refractivity contribution in [2.24, 2.45) is 17.8 Å². The predicted molar refractivity (Wildman–Crippen MR) is 129 cm³/mol. The summed E-state index contributed by atoms with van der Waals surface area (Å²) in [5.74, 6) is -3.61. The first kappa shape index (κ1) is 31.8. The molecule has 196 valence electrons. The molecule has 0 aromatic heterocycles. The lowest BCUT2D eigenvalue weighted by molar-refractivity contribution is -0.173. The number of hydrogen-bond donors (Lipinski definition) is 3. The van der Waals surface area contributed by atoms with Gasteiger partial charge in [-0.3, -0.25) is 9.59 Å². The molecular weight excluding hydrogens is 440 g/mol. The maximum Gasteiger partial charge on any atom is 0.338 e. The zero-order chi connectivity index (χ0) is 26.3. The zero-order valence-corrected chi connectivity index (χ0v) is 21.5. The second-order valence-corrected chi connectivity index (χ2v) is 10.2. The summed E-state index contributed by atoms with van der Waals surface area (Å²) in [6.45, 7) is 10.8. The van der Waals surface area contributed by atoms with E-state index >= 15 is 0 Å². The highest BCUT2D eigenvalue weighted by Crippen LogP contribution is 2.22. The van der Waals surface area contributed by atoms with Crippen LogP contribution in [0.15, 0.2) is 11.6 Å². The van der Waals surface area contributed by atoms with Gasteiger partial charge in [-0.2, -0.15) is 0 Å². The van der Waals surface area contributed by atoms with Crippen LogP contribution in [0.4, 0.5) is 0 Å². The number of ether oxygens (including phenoxy) is 1. The van der Waals surface area contributed by atoms with E-state index in [4.69, 9.17) is 10.2 Å². The monoisotopic (exact) mass is 484 g/mol. The molecule has 8 nitrogen and oxygen atoms in total. The van der Waals surface area contributed by atoms with Gasteiger partial charge in [-0.15, -0.1) is 0 Å². The molecule has 0 saturated heterocycles. The molecule has 0 amide bonds. The fraction of sp³-hybridized carbons (Fsp3) is 0.769. The maximum atomic E-state index is 11.9. The molecule has 0 saturated carbocycles. The summed E-state index contributed by atoms with van der Waals surface area (Å²) in [5.41, 5.74) is -2.10. The second kappa shape index (κ2) is 16.4. The summed E-state index contributed by atoms with van der Waals surface area (Å²) in [7, 11) is 0. The molecule has 8 heteroatoms. The quantitative estimate of drug-likeness (QED) is 0.138. The normalized spacial score (nSPS) is 15.4. The number of carboxylic acid groups (broad SMARTS) is 2. The Kier molecular flexibility index (Phi) is 15.3. The van der Waals surface area contributed by atoms with Gasteiger partial charge in [-0.05, 0) is 37.5 Å². The number of hydrogen-bond acceptors (Lipinski definition) is 6. The van der Waals surface area contributed by atoms with E-state index in [2.05, 4.69) is 32.4 Å². The Morgan fingerprint density at radius 3 is 1.79 bits per heavy atom. The SMILES string of the molecule is C/C(=C\C(=O)OC(=O)CC(O)(CC(=O)O)C(=O)O)CCC[C@H](C)CCC[C@H](C)CCCC(C)C. The molecule has 0 bridgehead atoms. The molecular formula is C26H44O8. The largest absolute Gasteiger partial charge is 0.481 e. The molecule has 0 fully saturated rings. The fourth-order valence-corrected chi connectivity index (χ4v) is 3.86. The van der Waals surface area contributed by atoms with E-state index in [1.165, 1.54) is 44.6 Å². The van der Waals surface area contributed by atoms with Gasteiger partial charge in [0, 0.05) is 6.08 Å². The number of allylic oxidation sites excluding steroid dienone is 1. The van der Waals surface area contributed by atoms with Crippen molar-refractivity contribution in [3.8, 4) is 0 Å². The predicted octanol–water partition coefficient (Wildman–Crippen LogP) is 5.12. The van der Waals surface area contributed by atoms with Crippen molar-refractivity contribution in [2.45, 2.75) is 111 Å². The van der Waals surface area contributed by atoms with Gasteiger partial charge in [0.25, 0.3) is 0 Å². The molecule has 0 radical (unpaired) electrons. The van der Waals surface area contributed by atoms with Crippen LogP contribution in [0.5, 0.6) is 0 Å². The number of carboxylic acids is 2. The summed E-state index contributed by atoms with van der Waals surface area (Å²) in [5, 5.41) is 27.5. The summed E-state index contributed by atoms with van der Waals surface area (Å²) in [6.07, 6.45) is 8.98. The van der Waals surface area contributed by atoms with Gasteiger partial charge in [0.05, 0.1) is 12.8 Å². The minimum Gasteiger partial charge on any atom is -0.481 e.